The summed E-state index contributed by atoms with van der Waals surface area (Å²) >= 11 is 7.96. The van der Waals surface area contributed by atoms with E-state index in [1.54, 1.807) is 0 Å². The van der Waals surface area contributed by atoms with Crippen molar-refractivity contribution in [2.45, 2.75) is 222 Å². The zero-order valence-electron chi connectivity index (χ0n) is 57.6. The molecule has 0 spiro atoms. The Labute approximate surface area is 521 Å². The molecule has 12 aromatic rings. The summed E-state index contributed by atoms with van der Waals surface area (Å²) in [5.41, 5.74) is 46.7. The lowest BCUT2D eigenvalue weighted by Crippen LogP contribution is -1.94. The third-order valence-electron chi connectivity index (χ3n) is 22.9. The van der Waals surface area contributed by atoms with Gasteiger partial charge in [-0.05, 0) is 400 Å². The molecule has 12 rings (SSSR count). The van der Waals surface area contributed by atoms with Gasteiger partial charge < -0.3 is 0 Å². The van der Waals surface area contributed by atoms with Crippen LogP contribution in [-0.4, -0.2) is 0 Å². The molecular weight excluding hydrogens is 1090 g/mol. The van der Waals surface area contributed by atoms with Crippen LogP contribution in [-0.2, 0) is 0 Å². The van der Waals surface area contributed by atoms with Gasteiger partial charge in [-0.15, -0.1) is 45.3 Å². The minimum Gasteiger partial charge on any atom is -0.135 e. The molecule has 4 heterocycles. The fraction of sp³-hybridized carbons (Fsp3) is 0.400. The molecule has 0 radical (unpaired) electrons. The average molecular weight is 1190 g/mol. The predicted molar refractivity (Wildman–Crippen MR) is 389 cm³/mol. The van der Waals surface area contributed by atoms with Crippen LogP contribution in [0.1, 0.15) is 178 Å². The van der Waals surface area contributed by atoms with E-state index in [1.807, 2.05) is 45.3 Å². The molecule has 0 nitrogen and oxygen atoms in total. The van der Waals surface area contributed by atoms with Crippen LogP contribution in [0.3, 0.4) is 0 Å². The van der Waals surface area contributed by atoms with Gasteiger partial charge >= 0.3 is 0 Å². The first-order valence-electron chi connectivity index (χ1n) is 30.6. The fourth-order valence-electron chi connectivity index (χ4n) is 14.1. The van der Waals surface area contributed by atoms with Gasteiger partial charge in [-0.1, -0.05) is 0 Å². The first-order valence-corrected chi connectivity index (χ1v) is 33.9. The zero-order valence-corrected chi connectivity index (χ0v) is 60.9. The van der Waals surface area contributed by atoms with Crippen molar-refractivity contribution < 1.29 is 0 Å². The quantitative estimate of drug-likeness (QED) is 0.142. The van der Waals surface area contributed by atoms with Crippen molar-refractivity contribution >= 4 is 126 Å². The van der Waals surface area contributed by atoms with Crippen molar-refractivity contribution in [1.82, 2.24) is 0 Å². The van der Waals surface area contributed by atoms with Gasteiger partial charge in [0, 0.05) is 80.7 Å². The van der Waals surface area contributed by atoms with Gasteiger partial charge in [-0.2, -0.15) is 0 Å². The summed E-state index contributed by atoms with van der Waals surface area (Å²) in [4.78, 5) is 0. The predicted octanol–water partition coefficient (Wildman–Crippen LogP) is 26.1. The van der Waals surface area contributed by atoms with Crippen LogP contribution in [0.4, 0.5) is 0 Å². The van der Waals surface area contributed by atoms with Crippen molar-refractivity contribution in [1.29, 1.82) is 0 Å². The van der Waals surface area contributed by atoms with E-state index in [-0.39, 0.29) is 0 Å². The molecule has 0 amide bonds. The normalized spacial score (nSPS) is 11.8. The van der Waals surface area contributed by atoms with E-state index in [1.165, 1.54) is 259 Å². The summed E-state index contributed by atoms with van der Waals surface area (Å²) in [5.74, 6) is 0. The molecule has 0 fully saturated rings. The highest BCUT2D eigenvalue weighted by Gasteiger charge is 2.24. The number of rotatable bonds is 0. The molecule has 8 aromatic carbocycles. The van der Waals surface area contributed by atoms with Gasteiger partial charge in [0.05, 0.1) is 0 Å². The van der Waals surface area contributed by atoms with Crippen LogP contribution < -0.4 is 0 Å². The highest BCUT2D eigenvalue weighted by Crippen LogP contribution is 2.49. The number of thiophene rings is 4. The average Bonchev–Trinajstić information content (AvgIpc) is 1.92. The lowest BCUT2D eigenvalue weighted by atomic mass is 9.90. The number of fused-ring (bicyclic) bond motifs is 12. The van der Waals surface area contributed by atoms with Crippen LogP contribution in [0.15, 0.2) is 0 Å². The molecule has 0 saturated heterocycles. The minimum atomic E-state index is 1.45. The van der Waals surface area contributed by atoms with Crippen LogP contribution in [0.5, 0.6) is 0 Å². The fourth-order valence-corrected chi connectivity index (χ4v) is 20.2. The Hall–Kier alpha value is -5.36. The zero-order chi connectivity index (χ0) is 62.5. The standard InChI is InChI=1S/4C20H24S/c4*1-9-11(3)15(7)19-17(13(9)5)18-14(6)10(2)12(4)16(8)20(18)21-19/h4*1-8H3. The number of benzene rings is 8. The molecule has 0 aliphatic carbocycles. The summed E-state index contributed by atoms with van der Waals surface area (Å²) < 4.78 is 11.9. The number of aryl methyl sites for hydroxylation is 16. The Balaban J connectivity index is 0.000000134. The lowest BCUT2D eigenvalue weighted by molar-refractivity contribution is 1.25. The van der Waals surface area contributed by atoms with Gasteiger partial charge in [-0.25, -0.2) is 0 Å². The van der Waals surface area contributed by atoms with E-state index in [0.29, 0.717) is 0 Å². The maximum absolute atomic E-state index is 2.29. The number of hydrogen-bond donors (Lipinski definition) is 0. The maximum Gasteiger partial charge on any atom is 0.0390 e. The van der Waals surface area contributed by atoms with Crippen molar-refractivity contribution in [3.05, 3.63) is 178 Å². The smallest absolute Gasteiger partial charge is 0.0390 e. The molecule has 0 atom stereocenters. The number of hydrogen-bond acceptors (Lipinski definition) is 4. The molecule has 0 bridgehead atoms. The second-order valence-electron chi connectivity index (χ2n) is 26.0. The summed E-state index contributed by atoms with van der Waals surface area (Å²) in [6.07, 6.45) is 0. The van der Waals surface area contributed by atoms with E-state index >= 15 is 0 Å². The Bertz CT molecular complexity index is 3950. The van der Waals surface area contributed by atoms with Gasteiger partial charge in [-0.3, -0.25) is 0 Å². The van der Waals surface area contributed by atoms with Crippen LogP contribution in [0.25, 0.3) is 80.7 Å². The van der Waals surface area contributed by atoms with E-state index in [0.717, 1.165) is 0 Å². The second kappa shape index (κ2) is 22.4. The molecule has 4 aromatic heterocycles. The molecule has 4 heteroatoms. The Morgan fingerprint density at radius 2 is 0.167 bits per heavy atom. The molecule has 0 aliphatic rings. The molecule has 84 heavy (non-hydrogen) atoms. The third-order valence-corrected chi connectivity index (χ3v) is 28.6. The monoisotopic (exact) mass is 1180 g/mol. The van der Waals surface area contributed by atoms with E-state index < -0.39 is 0 Å². The summed E-state index contributed by atoms with van der Waals surface area (Å²) in [5, 5.41) is 12.0. The SMILES string of the molecule is Cc1c(C)c(C)c2c(sc3c(C)c(C)c(C)c(C)c32)c1C.Cc1c(C)c(C)c2c(sc3c(C)c(C)c(C)c(C)c32)c1C.Cc1c(C)c(C)c2c(sc3c(C)c(C)c(C)c(C)c32)c1C.Cc1c(C)c(C)c2c(sc3c(C)c(C)c(C)c(C)c32)c1C. The van der Waals surface area contributed by atoms with E-state index in [9.17, 15) is 0 Å². The molecule has 0 unspecified atom stereocenters. The Morgan fingerprint density at radius 1 is 0.0952 bits per heavy atom. The maximum atomic E-state index is 2.29. The minimum absolute atomic E-state index is 1.45. The lowest BCUT2D eigenvalue weighted by Gasteiger charge is -2.13. The van der Waals surface area contributed by atoms with Crippen molar-refractivity contribution in [3.8, 4) is 0 Å². The van der Waals surface area contributed by atoms with Gasteiger partial charge in [0.15, 0.2) is 0 Å². The Morgan fingerprint density at radius 3 is 0.250 bits per heavy atom. The summed E-state index contributed by atoms with van der Waals surface area (Å²) in [7, 11) is 0. The van der Waals surface area contributed by atoms with Gasteiger partial charge in [0.1, 0.15) is 0 Å². The van der Waals surface area contributed by atoms with E-state index in [2.05, 4.69) is 222 Å². The molecule has 0 saturated carbocycles. The van der Waals surface area contributed by atoms with Crippen molar-refractivity contribution in [3.63, 3.8) is 0 Å². The van der Waals surface area contributed by atoms with Gasteiger partial charge in [0.25, 0.3) is 0 Å². The third kappa shape index (κ3) is 9.17. The van der Waals surface area contributed by atoms with E-state index in [4.69, 9.17) is 0 Å². The first-order chi connectivity index (χ1) is 39.1. The van der Waals surface area contributed by atoms with Crippen molar-refractivity contribution in [2.75, 3.05) is 0 Å². The van der Waals surface area contributed by atoms with Crippen molar-refractivity contribution in [2.24, 2.45) is 0 Å². The molecule has 0 N–H and O–H groups in total. The first kappa shape index (κ1) is 63.2. The topological polar surface area (TPSA) is 0 Å². The van der Waals surface area contributed by atoms with Crippen LogP contribution in [0, 0.1) is 222 Å². The highest BCUT2D eigenvalue weighted by molar-refractivity contribution is 7.27. The largest absolute Gasteiger partial charge is 0.135 e. The van der Waals surface area contributed by atoms with Crippen LogP contribution >= 0.6 is 45.3 Å². The second-order valence-corrected chi connectivity index (χ2v) is 30.1. The van der Waals surface area contributed by atoms with Gasteiger partial charge in [0.2, 0.25) is 0 Å². The molecule has 0 aliphatic heterocycles. The molecular formula is C80H96S4. The molecule has 440 valence electrons. The Kier molecular flexibility index (Phi) is 16.9. The summed E-state index contributed by atoms with van der Waals surface area (Å²) in [6, 6.07) is 0. The highest BCUT2D eigenvalue weighted by atomic mass is 32.1. The summed E-state index contributed by atoms with van der Waals surface area (Å²) in [6.45, 7) is 72.8. The van der Waals surface area contributed by atoms with Crippen LogP contribution in [0.2, 0.25) is 0 Å².